The van der Waals surface area contributed by atoms with E-state index in [0.29, 0.717) is 11.0 Å². The van der Waals surface area contributed by atoms with E-state index in [1.807, 2.05) is 5.32 Å². The normalized spacial score (nSPS) is 11.6. The average Bonchev–Trinajstić information content (AvgIpc) is 2.66. The molecule has 0 aliphatic rings. The Morgan fingerprint density at radius 3 is 2.43 bits per heavy atom. The lowest BCUT2D eigenvalue weighted by Gasteiger charge is -2.15. The lowest BCUT2D eigenvalue weighted by Crippen LogP contribution is -2.30. The molecule has 0 saturated heterocycles. The van der Waals surface area contributed by atoms with Crippen molar-refractivity contribution < 1.29 is 32.3 Å². The standard InChI is InChI=1S/C19H16F3NO4S/c1-10(24)9-28-15-6-4-3-5-12(15)19(26)27-11(2)18(25)23-14-8-7-13(20)16(21)17(14)22/h3-8,11H,9H2,1-2H3,(H,23,25)/t11-/m0/s1. The van der Waals surface area contributed by atoms with Crippen LogP contribution in [0.5, 0.6) is 0 Å². The van der Waals surface area contributed by atoms with Crippen LogP contribution in [-0.2, 0) is 14.3 Å². The van der Waals surface area contributed by atoms with Crippen LogP contribution in [0.15, 0.2) is 41.3 Å². The number of ether oxygens (including phenoxy) is 1. The maximum atomic E-state index is 13.6. The summed E-state index contributed by atoms with van der Waals surface area (Å²) in [7, 11) is 0. The summed E-state index contributed by atoms with van der Waals surface area (Å²) in [5.74, 6) is -6.33. The smallest absolute Gasteiger partial charge is 0.340 e. The van der Waals surface area contributed by atoms with E-state index in [-0.39, 0.29) is 17.1 Å². The highest BCUT2D eigenvalue weighted by Crippen LogP contribution is 2.24. The van der Waals surface area contributed by atoms with Gasteiger partial charge in [-0.1, -0.05) is 12.1 Å². The third kappa shape index (κ3) is 5.35. The minimum absolute atomic E-state index is 0.0746. The number of Topliss-reactive ketones (excluding diaryl/α,β-unsaturated/α-hetero) is 1. The Morgan fingerprint density at radius 2 is 1.75 bits per heavy atom. The molecule has 9 heteroatoms. The molecule has 2 aromatic rings. The summed E-state index contributed by atoms with van der Waals surface area (Å²) in [6, 6.07) is 7.90. The van der Waals surface area contributed by atoms with Crippen molar-refractivity contribution in [2.24, 2.45) is 0 Å². The fourth-order valence-electron chi connectivity index (χ4n) is 2.07. The topological polar surface area (TPSA) is 72.5 Å². The van der Waals surface area contributed by atoms with Crippen LogP contribution in [0, 0.1) is 17.5 Å². The number of nitrogens with one attached hydrogen (secondary N) is 1. The van der Waals surface area contributed by atoms with Gasteiger partial charge in [-0.3, -0.25) is 9.59 Å². The van der Waals surface area contributed by atoms with Crippen molar-refractivity contribution in [3.8, 4) is 0 Å². The number of amides is 1. The second-order valence-corrected chi connectivity index (χ2v) is 6.76. The van der Waals surface area contributed by atoms with Gasteiger partial charge in [-0.05, 0) is 38.1 Å². The van der Waals surface area contributed by atoms with Crippen molar-refractivity contribution in [3.05, 3.63) is 59.4 Å². The highest BCUT2D eigenvalue weighted by atomic mass is 32.2. The lowest BCUT2D eigenvalue weighted by atomic mass is 10.2. The van der Waals surface area contributed by atoms with E-state index in [1.54, 1.807) is 18.2 Å². The molecule has 0 aromatic heterocycles. The summed E-state index contributed by atoms with van der Waals surface area (Å²) in [4.78, 5) is 36.1. The van der Waals surface area contributed by atoms with Crippen molar-refractivity contribution in [2.45, 2.75) is 24.8 Å². The van der Waals surface area contributed by atoms with E-state index < -0.39 is 41.1 Å². The molecular formula is C19H16F3NO4S. The molecule has 0 unspecified atom stereocenters. The van der Waals surface area contributed by atoms with Crippen molar-refractivity contribution in [1.29, 1.82) is 0 Å². The van der Waals surface area contributed by atoms with Crippen molar-refractivity contribution in [3.63, 3.8) is 0 Å². The monoisotopic (exact) mass is 411 g/mol. The van der Waals surface area contributed by atoms with Gasteiger partial charge in [0.25, 0.3) is 5.91 Å². The molecule has 0 bridgehead atoms. The van der Waals surface area contributed by atoms with Gasteiger partial charge in [0.1, 0.15) is 5.78 Å². The molecule has 148 valence electrons. The number of hydrogen-bond donors (Lipinski definition) is 1. The van der Waals surface area contributed by atoms with Gasteiger partial charge >= 0.3 is 5.97 Å². The minimum atomic E-state index is -1.72. The Balaban J connectivity index is 2.07. The summed E-state index contributed by atoms with van der Waals surface area (Å²) < 4.78 is 44.9. The largest absolute Gasteiger partial charge is 0.449 e. The Bertz CT molecular complexity index is 920. The number of halogens is 3. The Labute approximate surface area is 163 Å². The lowest BCUT2D eigenvalue weighted by molar-refractivity contribution is -0.123. The van der Waals surface area contributed by atoms with Crippen LogP contribution in [0.1, 0.15) is 24.2 Å². The molecule has 0 radical (unpaired) electrons. The predicted molar refractivity (Wildman–Crippen MR) is 97.7 cm³/mol. The summed E-state index contributed by atoms with van der Waals surface area (Å²) in [5, 5.41) is 2.04. The van der Waals surface area contributed by atoms with Gasteiger partial charge < -0.3 is 10.1 Å². The molecule has 0 spiro atoms. The van der Waals surface area contributed by atoms with Crippen LogP contribution >= 0.6 is 11.8 Å². The molecule has 5 nitrogen and oxygen atoms in total. The first kappa shape index (κ1) is 21.5. The van der Waals surface area contributed by atoms with Gasteiger partial charge in [0.15, 0.2) is 23.6 Å². The molecule has 2 aromatic carbocycles. The van der Waals surface area contributed by atoms with Gasteiger partial charge in [0.2, 0.25) is 0 Å². The number of carbonyl (C=O) groups is 3. The first-order valence-electron chi connectivity index (χ1n) is 8.07. The van der Waals surface area contributed by atoms with E-state index in [9.17, 15) is 27.6 Å². The molecule has 1 N–H and O–H groups in total. The van der Waals surface area contributed by atoms with E-state index in [4.69, 9.17) is 4.74 Å². The first-order chi connectivity index (χ1) is 13.2. The Morgan fingerprint density at radius 1 is 1.07 bits per heavy atom. The molecular weight excluding hydrogens is 395 g/mol. The number of benzene rings is 2. The van der Waals surface area contributed by atoms with Gasteiger partial charge in [0, 0.05) is 4.90 Å². The molecule has 1 atom stereocenters. The fourth-order valence-corrected chi connectivity index (χ4v) is 2.92. The zero-order valence-corrected chi connectivity index (χ0v) is 15.7. The van der Waals surface area contributed by atoms with Crippen LogP contribution in [0.2, 0.25) is 0 Å². The van der Waals surface area contributed by atoms with E-state index in [1.165, 1.54) is 19.9 Å². The number of esters is 1. The van der Waals surface area contributed by atoms with Crippen molar-refractivity contribution in [2.75, 3.05) is 11.1 Å². The highest BCUT2D eigenvalue weighted by Gasteiger charge is 2.23. The van der Waals surface area contributed by atoms with Gasteiger partial charge in [0.05, 0.1) is 17.0 Å². The first-order valence-corrected chi connectivity index (χ1v) is 9.06. The van der Waals surface area contributed by atoms with Gasteiger partial charge in [-0.25, -0.2) is 18.0 Å². The van der Waals surface area contributed by atoms with Crippen LogP contribution in [0.4, 0.5) is 18.9 Å². The maximum absolute atomic E-state index is 13.6. The molecule has 0 aliphatic heterocycles. The number of thioether (sulfide) groups is 1. The minimum Gasteiger partial charge on any atom is -0.449 e. The molecule has 0 heterocycles. The molecule has 0 aliphatic carbocycles. The number of anilines is 1. The van der Waals surface area contributed by atoms with Gasteiger partial charge in [-0.15, -0.1) is 11.8 Å². The molecule has 2 rings (SSSR count). The average molecular weight is 411 g/mol. The number of rotatable bonds is 7. The molecule has 0 fully saturated rings. The van der Waals surface area contributed by atoms with E-state index >= 15 is 0 Å². The molecule has 28 heavy (non-hydrogen) atoms. The van der Waals surface area contributed by atoms with Crippen LogP contribution in [-0.4, -0.2) is 29.5 Å². The number of ketones is 1. The quantitative estimate of drug-likeness (QED) is 0.424. The third-order valence-corrected chi connectivity index (χ3v) is 4.70. The van der Waals surface area contributed by atoms with Crippen LogP contribution < -0.4 is 5.32 Å². The predicted octanol–water partition coefficient (Wildman–Crippen LogP) is 3.97. The summed E-state index contributed by atoms with van der Waals surface area (Å²) >= 11 is 1.15. The highest BCUT2D eigenvalue weighted by molar-refractivity contribution is 8.00. The second-order valence-electron chi connectivity index (χ2n) is 5.75. The molecule has 0 saturated carbocycles. The van der Waals surface area contributed by atoms with Crippen LogP contribution in [0.3, 0.4) is 0 Å². The number of hydrogen-bond acceptors (Lipinski definition) is 5. The zero-order chi connectivity index (χ0) is 20.8. The second kappa shape index (κ2) is 9.41. The maximum Gasteiger partial charge on any atom is 0.340 e. The fraction of sp³-hybridized carbons (Fsp3) is 0.211. The third-order valence-electron chi connectivity index (χ3n) is 3.48. The summed E-state index contributed by atoms with van der Waals surface area (Å²) in [6.45, 7) is 2.66. The SMILES string of the molecule is CC(=O)CSc1ccccc1C(=O)O[C@@H](C)C(=O)Nc1ccc(F)c(F)c1F. The Hall–Kier alpha value is -2.81. The van der Waals surface area contributed by atoms with E-state index in [2.05, 4.69) is 0 Å². The van der Waals surface area contributed by atoms with Crippen molar-refractivity contribution >= 4 is 35.1 Å². The zero-order valence-electron chi connectivity index (χ0n) is 14.9. The number of carbonyl (C=O) groups excluding carboxylic acids is 3. The summed E-state index contributed by atoms with van der Waals surface area (Å²) in [5.41, 5.74) is -0.420. The van der Waals surface area contributed by atoms with Crippen molar-refractivity contribution in [1.82, 2.24) is 0 Å². The van der Waals surface area contributed by atoms with E-state index in [0.717, 1.165) is 17.8 Å². The summed E-state index contributed by atoms with van der Waals surface area (Å²) in [6.07, 6.45) is -1.34. The van der Waals surface area contributed by atoms with Crippen LogP contribution in [0.25, 0.3) is 0 Å². The Kier molecular flexibility index (Phi) is 7.22. The molecule has 1 amide bonds. The van der Waals surface area contributed by atoms with Gasteiger partial charge in [-0.2, -0.15) is 0 Å².